The van der Waals surface area contributed by atoms with E-state index in [-0.39, 0.29) is 22.9 Å². The molecule has 0 unspecified atom stereocenters. The minimum absolute atomic E-state index is 0.0586. The third kappa shape index (κ3) is 3.53. The molecular weight excluding hydrogens is 386 g/mol. The lowest BCUT2D eigenvalue weighted by Gasteiger charge is -2.29. The first-order valence-electron chi connectivity index (χ1n) is 9.32. The summed E-state index contributed by atoms with van der Waals surface area (Å²) < 4.78 is 0. The summed E-state index contributed by atoms with van der Waals surface area (Å²) in [5.74, 6) is -0.385. The van der Waals surface area contributed by atoms with Gasteiger partial charge in [-0.1, -0.05) is 26.0 Å². The smallest absolute Gasteiger partial charge is 0.267 e. The number of fused-ring (bicyclic) bond motifs is 2. The molecule has 1 aliphatic rings. The molecule has 0 bridgehead atoms. The minimum atomic E-state index is -0.365. The first kappa shape index (κ1) is 19.3. The van der Waals surface area contributed by atoms with E-state index < -0.39 is 0 Å². The largest absolute Gasteiger partial charge is 0.397 e. The van der Waals surface area contributed by atoms with Crippen molar-refractivity contribution in [1.82, 2.24) is 4.98 Å². The van der Waals surface area contributed by atoms with Crippen molar-refractivity contribution < 1.29 is 14.4 Å². The molecule has 2 heterocycles. The molecule has 0 aliphatic heterocycles. The van der Waals surface area contributed by atoms with E-state index in [1.807, 2.05) is 0 Å². The number of benzene rings is 1. The number of nitrogen functional groups attached to an aromatic ring is 1. The first-order chi connectivity index (χ1) is 13.6. The Hall–Kier alpha value is -3.06. The van der Waals surface area contributed by atoms with Gasteiger partial charge in [0.1, 0.15) is 9.71 Å². The molecule has 0 spiro atoms. The van der Waals surface area contributed by atoms with E-state index in [2.05, 4.69) is 24.1 Å². The Bertz CT molecular complexity index is 1190. The van der Waals surface area contributed by atoms with Crippen LogP contribution >= 0.6 is 11.3 Å². The molecule has 0 atom stereocenters. The van der Waals surface area contributed by atoms with Crippen molar-refractivity contribution in [2.45, 2.75) is 33.6 Å². The highest BCUT2D eigenvalue weighted by Gasteiger charge is 2.33. The highest BCUT2D eigenvalue weighted by atomic mass is 32.1. The van der Waals surface area contributed by atoms with E-state index in [1.165, 1.54) is 18.3 Å². The lowest BCUT2D eigenvalue weighted by molar-refractivity contribution is 0.0909. The molecule has 0 radical (unpaired) electrons. The number of nitrogens with two attached hydrogens (primary N) is 1. The van der Waals surface area contributed by atoms with Crippen molar-refractivity contribution in [2.24, 2.45) is 5.41 Å². The second-order valence-electron chi connectivity index (χ2n) is 8.21. The van der Waals surface area contributed by atoms with Crippen LogP contribution < -0.4 is 11.1 Å². The predicted octanol–water partition coefficient (Wildman–Crippen LogP) is 4.49. The van der Waals surface area contributed by atoms with Gasteiger partial charge in [-0.15, -0.1) is 11.3 Å². The molecule has 3 aromatic rings. The number of thiophene rings is 1. The van der Waals surface area contributed by atoms with Crippen LogP contribution in [0.2, 0.25) is 0 Å². The molecule has 6 nitrogen and oxygen atoms in total. The molecule has 148 valence electrons. The van der Waals surface area contributed by atoms with E-state index in [9.17, 15) is 14.4 Å². The van der Waals surface area contributed by atoms with Crippen LogP contribution in [0.25, 0.3) is 10.2 Å². The molecule has 0 saturated heterocycles. The number of hydrogen-bond acceptors (Lipinski definition) is 6. The Labute approximate surface area is 172 Å². The fourth-order valence-electron chi connectivity index (χ4n) is 3.67. The number of aromatic nitrogens is 1. The maximum atomic E-state index is 12.8. The summed E-state index contributed by atoms with van der Waals surface area (Å²) >= 11 is 1.21. The molecule has 29 heavy (non-hydrogen) atoms. The molecule has 0 saturated carbocycles. The molecular formula is C22H21N3O3S. The summed E-state index contributed by atoms with van der Waals surface area (Å²) in [7, 11) is 0. The summed E-state index contributed by atoms with van der Waals surface area (Å²) in [6.45, 7) is 5.58. The van der Waals surface area contributed by atoms with Crippen molar-refractivity contribution in [2.75, 3.05) is 11.1 Å². The predicted molar refractivity (Wildman–Crippen MR) is 115 cm³/mol. The van der Waals surface area contributed by atoms with E-state index in [0.717, 1.165) is 5.69 Å². The van der Waals surface area contributed by atoms with Gasteiger partial charge in [-0.3, -0.25) is 14.4 Å². The maximum Gasteiger partial charge on any atom is 0.267 e. The minimum Gasteiger partial charge on any atom is -0.397 e. The Morgan fingerprint density at radius 3 is 2.69 bits per heavy atom. The van der Waals surface area contributed by atoms with Crippen LogP contribution in [0.3, 0.4) is 0 Å². The van der Waals surface area contributed by atoms with Crippen LogP contribution in [0, 0.1) is 5.41 Å². The van der Waals surface area contributed by atoms with Crippen LogP contribution in [0.4, 0.5) is 11.4 Å². The van der Waals surface area contributed by atoms with Gasteiger partial charge in [-0.25, -0.2) is 4.98 Å². The summed E-state index contributed by atoms with van der Waals surface area (Å²) in [4.78, 5) is 42.6. The lowest BCUT2D eigenvalue weighted by Crippen LogP contribution is -2.27. The van der Waals surface area contributed by atoms with Crippen molar-refractivity contribution >= 4 is 50.4 Å². The molecule has 7 heteroatoms. The van der Waals surface area contributed by atoms with Gasteiger partial charge in [0.05, 0.1) is 11.4 Å². The van der Waals surface area contributed by atoms with Crippen LogP contribution in [0.15, 0.2) is 30.3 Å². The molecule has 0 fully saturated rings. The summed E-state index contributed by atoms with van der Waals surface area (Å²) in [5, 5.41) is 3.42. The SMILES string of the molecule is CC(=O)c1cccc(NC(=O)c2sc3nc4c(cc3c2N)C(=O)CC(C)(C)C4)c1. The summed E-state index contributed by atoms with van der Waals surface area (Å²) in [6.07, 6.45) is 1.18. The zero-order chi connectivity index (χ0) is 20.9. The number of pyridine rings is 1. The molecule has 1 amide bonds. The average Bonchev–Trinajstić information content (AvgIpc) is 2.95. The van der Waals surface area contributed by atoms with Gasteiger partial charge >= 0.3 is 0 Å². The standard InChI is InChI=1S/C22H21N3O3S/c1-11(26)12-5-4-6-13(7-12)24-20(28)19-18(23)15-8-14-16(25-21(15)29-19)9-22(2,3)10-17(14)27/h4-8H,9-10,23H2,1-3H3,(H,24,28). The third-order valence-electron chi connectivity index (χ3n) is 5.12. The quantitative estimate of drug-likeness (QED) is 0.623. The molecule has 1 aliphatic carbocycles. The van der Waals surface area contributed by atoms with Gasteiger partial charge in [0.15, 0.2) is 11.6 Å². The Balaban J connectivity index is 1.71. The fourth-order valence-corrected chi connectivity index (χ4v) is 4.66. The number of anilines is 2. The number of carbonyl (C=O) groups is 3. The van der Waals surface area contributed by atoms with Crippen LogP contribution in [-0.2, 0) is 6.42 Å². The monoisotopic (exact) mass is 407 g/mol. The zero-order valence-corrected chi connectivity index (χ0v) is 17.3. The van der Waals surface area contributed by atoms with Crippen molar-refractivity contribution in [3.8, 4) is 0 Å². The topological polar surface area (TPSA) is 102 Å². The molecule has 3 N–H and O–H groups in total. The molecule has 2 aromatic heterocycles. The summed E-state index contributed by atoms with van der Waals surface area (Å²) in [6, 6.07) is 8.52. The van der Waals surface area contributed by atoms with Gasteiger partial charge < -0.3 is 11.1 Å². The zero-order valence-electron chi connectivity index (χ0n) is 16.5. The van der Waals surface area contributed by atoms with E-state index in [4.69, 9.17) is 5.73 Å². The normalized spacial score (nSPS) is 15.2. The lowest BCUT2D eigenvalue weighted by atomic mass is 9.75. The number of amides is 1. The van der Waals surface area contributed by atoms with E-state index >= 15 is 0 Å². The van der Waals surface area contributed by atoms with Crippen molar-refractivity contribution in [3.63, 3.8) is 0 Å². The number of ketones is 2. The van der Waals surface area contributed by atoms with E-state index in [1.54, 1.807) is 30.3 Å². The number of carbonyl (C=O) groups excluding carboxylic acids is 3. The van der Waals surface area contributed by atoms with Crippen LogP contribution in [0.5, 0.6) is 0 Å². The maximum absolute atomic E-state index is 12.8. The number of nitrogens with one attached hydrogen (secondary N) is 1. The Morgan fingerprint density at radius 1 is 1.21 bits per heavy atom. The number of rotatable bonds is 3. The first-order valence-corrected chi connectivity index (χ1v) is 10.1. The van der Waals surface area contributed by atoms with Crippen LogP contribution in [0.1, 0.15) is 63.3 Å². The van der Waals surface area contributed by atoms with Crippen molar-refractivity contribution in [3.05, 3.63) is 52.0 Å². The van der Waals surface area contributed by atoms with Gasteiger partial charge in [-0.05, 0) is 37.0 Å². The highest BCUT2D eigenvalue weighted by Crippen LogP contribution is 2.39. The number of nitrogens with zero attached hydrogens (tertiary/aromatic N) is 1. The molecule has 4 rings (SSSR count). The van der Waals surface area contributed by atoms with Crippen molar-refractivity contribution in [1.29, 1.82) is 0 Å². The third-order valence-corrected chi connectivity index (χ3v) is 6.23. The number of hydrogen-bond donors (Lipinski definition) is 2. The van der Waals surface area contributed by atoms with Gasteiger partial charge in [0.25, 0.3) is 5.91 Å². The highest BCUT2D eigenvalue weighted by molar-refractivity contribution is 7.21. The van der Waals surface area contributed by atoms with Crippen LogP contribution in [-0.4, -0.2) is 22.5 Å². The second-order valence-corrected chi connectivity index (χ2v) is 9.21. The Morgan fingerprint density at radius 2 is 1.97 bits per heavy atom. The Kier molecular flexibility index (Phi) is 4.50. The van der Waals surface area contributed by atoms with E-state index in [0.29, 0.717) is 50.4 Å². The van der Waals surface area contributed by atoms with Gasteiger partial charge in [-0.2, -0.15) is 0 Å². The average molecular weight is 407 g/mol. The van der Waals surface area contributed by atoms with Gasteiger partial charge in [0, 0.05) is 28.6 Å². The summed E-state index contributed by atoms with van der Waals surface area (Å²) in [5.41, 5.74) is 8.83. The van der Waals surface area contributed by atoms with Gasteiger partial charge in [0.2, 0.25) is 0 Å². The number of Topliss-reactive ketones (excluding diaryl/α,β-unsaturated/α-hetero) is 2. The molecule has 1 aromatic carbocycles. The second kappa shape index (κ2) is 6.77. The fraction of sp³-hybridized carbons (Fsp3) is 0.273.